The summed E-state index contributed by atoms with van der Waals surface area (Å²) in [6.45, 7) is 1.96. The molecule has 3 nitrogen and oxygen atoms in total. The van der Waals surface area contributed by atoms with E-state index in [1.165, 1.54) is 42.1 Å². The second kappa shape index (κ2) is 4.89. The summed E-state index contributed by atoms with van der Waals surface area (Å²) in [6, 6.07) is 12.1. The number of fused-ring (bicyclic) bond motifs is 1. The van der Waals surface area contributed by atoms with E-state index in [1.54, 1.807) is 0 Å². The summed E-state index contributed by atoms with van der Waals surface area (Å²) < 4.78 is 2.35. The van der Waals surface area contributed by atoms with E-state index in [2.05, 4.69) is 46.4 Å². The summed E-state index contributed by atoms with van der Waals surface area (Å²) in [5.41, 5.74) is 2.93. The zero-order valence-corrected chi connectivity index (χ0v) is 12.3. The van der Waals surface area contributed by atoms with E-state index in [0.717, 1.165) is 19.1 Å². The highest BCUT2D eigenvalue weighted by molar-refractivity contribution is 5.80. The molecule has 1 heterocycles. The van der Waals surface area contributed by atoms with Crippen molar-refractivity contribution in [2.45, 2.75) is 51.2 Å². The third-order valence-corrected chi connectivity index (χ3v) is 4.93. The van der Waals surface area contributed by atoms with Gasteiger partial charge in [-0.15, -0.1) is 0 Å². The van der Waals surface area contributed by atoms with Crippen molar-refractivity contribution in [3.8, 4) is 6.07 Å². The lowest BCUT2D eigenvalue weighted by molar-refractivity contribution is 0.439. The normalized spacial score (nSPS) is 19.6. The van der Waals surface area contributed by atoms with Crippen LogP contribution >= 0.6 is 0 Å². The zero-order chi connectivity index (χ0) is 14.3. The van der Waals surface area contributed by atoms with Crippen molar-refractivity contribution >= 4 is 10.9 Å². The molecular formula is C18H21N3. The smallest absolute Gasteiger partial charge is 0.0628 e. The van der Waals surface area contributed by atoms with E-state index in [0.29, 0.717) is 6.42 Å². The molecule has 0 bridgehead atoms. The third-order valence-electron chi connectivity index (χ3n) is 4.93. The molecule has 2 aliphatic rings. The summed E-state index contributed by atoms with van der Waals surface area (Å²) >= 11 is 0. The van der Waals surface area contributed by atoms with Gasteiger partial charge in [0, 0.05) is 42.7 Å². The maximum absolute atomic E-state index is 8.99. The molecule has 21 heavy (non-hydrogen) atoms. The first-order valence-corrected chi connectivity index (χ1v) is 7.96. The molecule has 0 aliphatic heterocycles. The number of hydrogen-bond donors (Lipinski definition) is 1. The Balaban J connectivity index is 1.56. The molecule has 108 valence electrons. The van der Waals surface area contributed by atoms with Crippen LogP contribution in [-0.2, 0) is 13.1 Å². The van der Waals surface area contributed by atoms with Crippen LogP contribution in [0.25, 0.3) is 10.9 Å². The summed E-state index contributed by atoms with van der Waals surface area (Å²) in [4.78, 5) is 0. The van der Waals surface area contributed by atoms with Gasteiger partial charge in [0.2, 0.25) is 0 Å². The maximum Gasteiger partial charge on any atom is 0.0628 e. The van der Waals surface area contributed by atoms with Gasteiger partial charge in [-0.25, -0.2) is 0 Å². The minimum atomic E-state index is 0.253. The van der Waals surface area contributed by atoms with Crippen molar-refractivity contribution in [1.82, 2.24) is 9.88 Å². The molecule has 1 aromatic heterocycles. The Bertz CT molecular complexity index is 699. The van der Waals surface area contributed by atoms with Gasteiger partial charge in [-0.2, -0.15) is 5.26 Å². The van der Waals surface area contributed by atoms with Crippen LogP contribution in [0.4, 0.5) is 0 Å². The molecular weight excluding hydrogens is 258 g/mol. The van der Waals surface area contributed by atoms with Gasteiger partial charge in [0.05, 0.1) is 6.07 Å². The van der Waals surface area contributed by atoms with Gasteiger partial charge in [0.25, 0.3) is 0 Å². The van der Waals surface area contributed by atoms with Gasteiger partial charge < -0.3 is 9.88 Å². The first-order valence-electron chi connectivity index (χ1n) is 7.96. The second-order valence-corrected chi connectivity index (χ2v) is 6.83. The minimum absolute atomic E-state index is 0.253. The number of hydrogen-bond acceptors (Lipinski definition) is 2. The summed E-state index contributed by atoms with van der Waals surface area (Å²) in [6.07, 6.45) is 7.92. The Morgan fingerprint density at radius 1 is 1.29 bits per heavy atom. The lowest BCUT2D eigenvalue weighted by atomic mass is 10.0. The van der Waals surface area contributed by atoms with Crippen molar-refractivity contribution in [1.29, 1.82) is 5.26 Å². The topological polar surface area (TPSA) is 40.8 Å². The van der Waals surface area contributed by atoms with Crippen LogP contribution in [0.3, 0.4) is 0 Å². The van der Waals surface area contributed by atoms with Crippen LogP contribution < -0.4 is 5.32 Å². The number of nitriles is 1. The molecule has 2 fully saturated rings. The van der Waals surface area contributed by atoms with Crippen molar-refractivity contribution in [2.24, 2.45) is 5.41 Å². The molecule has 0 amide bonds. The van der Waals surface area contributed by atoms with Crippen LogP contribution in [0, 0.1) is 16.7 Å². The second-order valence-electron chi connectivity index (χ2n) is 6.83. The van der Waals surface area contributed by atoms with Crippen molar-refractivity contribution < 1.29 is 0 Å². The first-order chi connectivity index (χ1) is 10.3. The fourth-order valence-electron chi connectivity index (χ4n) is 3.12. The Labute approximate surface area is 125 Å². The van der Waals surface area contributed by atoms with Crippen molar-refractivity contribution in [3.63, 3.8) is 0 Å². The largest absolute Gasteiger partial charge is 0.347 e. The van der Waals surface area contributed by atoms with Gasteiger partial charge in [0.1, 0.15) is 0 Å². The number of nitrogens with one attached hydrogen (secondary N) is 1. The van der Waals surface area contributed by atoms with Crippen molar-refractivity contribution in [2.75, 3.05) is 0 Å². The van der Waals surface area contributed by atoms with E-state index < -0.39 is 0 Å². The number of nitrogens with zero attached hydrogens (tertiary/aromatic N) is 2. The predicted molar refractivity (Wildman–Crippen MR) is 83.7 cm³/mol. The molecule has 0 atom stereocenters. The van der Waals surface area contributed by atoms with Crippen LogP contribution in [0.5, 0.6) is 0 Å². The molecule has 0 radical (unpaired) electrons. The third kappa shape index (κ3) is 2.69. The molecule has 2 aromatic rings. The summed E-state index contributed by atoms with van der Waals surface area (Å²) in [5.74, 6) is 0. The lowest BCUT2D eigenvalue weighted by Gasteiger charge is -2.14. The Morgan fingerprint density at radius 3 is 2.86 bits per heavy atom. The summed E-state index contributed by atoms with van der Waals surface area (Å²) in [7, 11) is 0. The van der Waals surface area contributed by atoms with Crippen LogP contribution in [0.1, 0.15) is 37.7 Å². The lowest BCUT2D eigenvalue weighted by Crippen LogP contribution is -2.15. The van der Waals surface area contributed by atoms with Gasteiger partial charge in [-0.1, -0.05) is 12.1 Å². The van der Waals surface area contributed by atoms with Crippen molar-refractivity contribution in [3.05, 3.63) is 36.0 Å². The van der Waals surface area contributed by atoms with E-state index >= 15 is 0 Å². The molecule has 2 aliphatic carbocycles. The number of aromatic nitrogens is 1. The molecule has 3 heteroatoms. The SMILES string of the molecule is N#CCC1(Cn2ccc3ccc(CNC4CC4)cc32)CC1. The van der Waals surface area contributed by atoms with Crippen LogP contribution in [-0.4, -0.2) is 10.6 Å². The zero-order valence-electron chi connectivity index (χ0n) is 12.3. The molecule has 1 N–H and O–H groups in total. The fourth-order valence-corrected chi connectivity index (χ4v) is 3.12. The van der Waals surface area contributed by atoms with E-state index in [1.807, 2.05) is 0 Å². The van der Waals surface area contributed by atoms with Gasteiger partial charge in [-0.05, 0) is 48.8 Å². The first kappa shape index (κ1) is 12.9. The fraction of sp³-hybridized carbons (Fsp3) is 0.500. The predicted octanol–water partition coefficient (Wildman–Crippen LogP) is 3.59. The maximum atomic E-state index is 8.99. The highest BCUT2D eigenvalue weighted by atomic mass is 15.0. The van der Waals surface area contributed by atoms with E-state index in [-0.39, 0.29) is 5.41 Å². The van der Waals surface area contributed by atoms with Gasteiger partial charge in [-0.3, -0.25) is 0 Å². The average molecular weight is 279 g/mol. The van der Waals surface area contributed by atoms with Gasteiger partial charge in [0.15, 0.2) is 0 Å². The number of rotatable bonds is 6. The Kier molecular flexibility index (Phi) is 3.01. The molecule has 1 aromatic carbocycles. The Morgan fingerprint density at radius 2 is 2.14 bits per heavy atom. The summed E-state index contributed by atoms with van der Waals surface area (Å²) in [5, 5.41) is 13.9. The minimum Gasteiger partial charge on any atom is -0.347 e. The highest BCUT2D eigenvalue weighted by Crippen LogP contribution is 2.50. The van der Waals surface area contributed by atoms with E-state index in [4.69, 9.17) is 5.26 Å². The molecule has 0 spiro atoms. The quantitative estimate of drug-likeness (QED) is 0.878. The monoisotopic (exact) mass is 279 g/mol. The molecule has 2 saturated carbocycles. The highest BCUT2D eigenvalue weighted by Gasteiger charge is 2.42. The Hall–Kier alpha value is -1.79. The standard InChI is InChI=1S/C18H21N3/c19-9-8-18(6-7-18)13-21-10-5-15-2-1-14(11-17(15)21)12-20-16-3-4-16/h1-2,5,10-11,16,20H,3-4,6-8,12-13H2. The number of benzene rings is 1. The van der Waals surface area contributed by atoms with E-state index in [9.17, 15) is 0 Å². The van der Waals surface area contributed by atoms with Crippen LogP contribution in [0.2, 0.25) is 0 Å². The molecule has 0 saturated heterocycles. The van der Waals surface area contributed by atoms with Crippen LogP contribution in [0.15, 0.2) is 30.5 Å². The van der Waals surface area contributed by atoms with Gasteiger partial charge >= 0.3 is 0 Å². The molecule has 4 rings (SSSR count). The average Bonchev–Trinajstić information content (AvgIpc) is 3.40. The molecule has 0 unspecified atom stereocenters.